The van der Waals surface area contributed by atoms with Gasteiger partial charge in [0.1, 0.15) is 5.82 Å². The number of fused-ring (bicyclic) bond motifs is 1. The molecule has 32 heavy (non-hydrogen) atoms. The van der Waals surface area contributed by atoms with Gasteiger partial charge < -0.3 is 16.0 Å². The molecule has 3 atom stereocenters. The van der Waals surface area contributed by atoms with Gasteiger partial charge in [-0.1, -0.05) is 12.1 Å². The number of anilines is 1. The second-order valence-electron chi connectivity index (χ2n) is 8.75. The van der Waals surface area contributed by atoms with Crippen LogP contribution in [0.15, 0.2) is 41.3 Å². The highest BCUT2D eigenvalue weighted by atomic mass is 16.2. The summed E-state index contributed by atoms with van der Waals surface area (Å²) < 4.78 is 1.45. The number of rotatable bonds is 5. The highest BCUT2D eigenvalue weighted by Gasteiger charge is 2.58. The topological polar surface area (TPSA) is 126 Å². The van der Waals surface area contributed by atoms with Gasteiger partial charge in [-0.2, -0.15) is 4.98 Å². The molecule has 1 unspecified atom stereocenters. The number of benzene rings is 1. The van der Waals surface area contributed by atoms with Crippen LogP contribution in [0.3, 0.4) is 0 Å². The molecule has 2 saturated heterocycles. The maximum absolute atomic E-state index is 12.5. The van der Waals surface area contributed by atoms with Crippen molar-refractivity contribution in [3.63, 3.8) is 0 Å². The van der Waals surface area contributed by atoms with Gasteiger partial charge in [-0.3, -0.25) is 19.6 Å². The first kappa shape index (κ1) is 20.7. The number of piperidine rings is 1. The third-order valence-electron chi connectivity index (χ3n) is 6.66. The number of amides is 3. The molecule has 0 radical (unpaired) electrons. The molecule has 1 aromatic carbocycles. The molecule has 1 aliphatic carbocycles. The van der Waals surface area contributed by atoms with Gasteiger partial charge in [0.15, 0.2) is 0 Å². The van der Waals surface area contributed by atoms with E-state index in [4.69, 9.17) is 5.73 Å². The van der Waals surface area contributed by atoms with Crippen LogP contribution in [0.5, 0.6) is 0 Å². The number of carbonyl (C=O) groups is 2. The van der Waals surface area contributed by atoms with Crippen LogP contribution in [0.1, 0.15) is 5.56 Å². The Morgan fingerprint density at radius 2 is 1.78 bits per heavy atom. The lowest BCUT2D eigenvalue weighted by Gasteiger charge is -2.27. The smallest absolute Gasteiger partial charge is 0.354 e. The summed E-state index contributed by atoms with van der Waals surface area (Å²) in [5.41, 5.74) is 6.83. The summed E-state index contributed by atoms with van der Waals surface area (Å²) in [5, 5.41) is 5.89. The molecule has 5 rings (SSSR count). The Labute approximate surface area is 185 Å². The van der Waals surface area contributed by atoms with E-state index in [2.05, 4.69) is 20.5 Å². The van der Waals surface area contributed by atoms with E-state index < -0.39 is 5.69 Å². The van der Waals surface area contributed by atoms with E-state index in [0.717, 1.165) is 38.3 Å². The van der Waals surface area contributed by atoms with Crippen molar-refractivity contribution in [1.29, 1.82) is 0 Å². The Balaban J connectivity index is 1.19. The van der Waals surface area contributed by atoms with Gasteiger partial charge in [0.25, 0.3) is 0 Å². The SMILES string of the molecule is NC(=O)C1[C@H]2CN(Cc3ccc(-n4ccc(NC(=O)N5CCNCC5)nc4=O)cc3)C[C@@H]12. The molecule has 168 valence electrons. The van der Waals surface area contributed by atoms with E-state index in [1.807, 2.05) is 24.3 Å². The van der Waals surface area contributed by atoms with Crippen molar-refractivity contribution >= 4 is 17.8 Å². The number of hydrogen-bond donors (Lipinski definition) is 3. The van der Waals surface area contributed by atoms with Gasteiger partial charge in [-0.05, 0) is 35.6 Å². The molecule has 3 fully saturated rings. The molecular weight excluding hydrogens is 410 g/mol. The van der Waals surface area contributed by atoms with Gasteiger partial charge >= 0.3 is 11.7 Å². The van der Waals surface area contributed by atoms with Crippen molar-refractivity contribution in [1.82, 2.24) is 24.7 Å². The number of aromatic nitrogens is 2. The first-order valence-corrected chi connectivity index (χ1v) is 11.0. The van der Waals surface area contributed by atoms with Crippen LogP contribution in [0.4, 0.5) is 10.6 Å². The van der Waals surface area contributed by atoms with Crippen LogP contribution >= 0.6 is 0 Å². The predicted octanol–water partition coefficient (Wildman–Crippen LogP) is -0.167. The van der Waals surface area contributed by atoms with Gasteiger partial charge in [0.2, 0.25) is 5.91 Å². The van der Waals surface area contributed by atoms with E-state index in [1.54, 1.807) is 17.2 Å². The normalized spacial score (nSPS) is 24.8. The Morgan fingerprint density at radius 1 is 1.09 bits per heavy atom. The highest BCUT2D eigenvalue weighted by molar-refractivity contribution is 5.88. The summed E-state index contributed by atoms with van der Waals surface area (Å²) in [6, 6.07) is 9.15. The summed E-state index contributed by atoms with van der Waals surface area (Å²) in [6.45, 7) is 5.38. The van der Waals surface area contributed by atoms with Crippen molar-refractivity contribution in [2.45, 2.75) is 6.54 Å². The third-order valence-corrected chi connectivity index (χ3v) is 6.66. The highest BCUT2D eigenvalue weighted by Crippen LogP contribution is 2.51. The van der Waals surface area contributed by atoms with Crippen molar-refractivity contribution in [2.75, 3.05) is 44.6 Å². The van der Waals surface area contributed by atoms with E-state index in [0.29, 0.717) is 30.6 Å². The maximum atomic E-state index is 12.5. The van der Waals surface area contributed by atoms with Crippen LogP contribution < -0.4 is 22.1 Å². The number of nitrogens with two attached hydrogens (primary N) is 1. The zero-order chi connectivity index (χ0) is 22.2. The molecule has 0 spiro atoms. The summed E-state index contributed by atoms with van der Waals surface area (Å²) in [7, 11) is 0. The summed E-state index contributed by atoms with van der Waals surface area (Å²) in [5.74, 6) is 0.979. The first-order valence-electron chi connectivity index (χ1n) is 11.0. The minimum Gasteiger partial charge on any atom is -0.369 e. The largest absolute Gasteiger partial charge is 0.369 e. The molecule has 2 aromatic rings. The van der Waals surface area contributed by atoms with Crippen LogP contribution in [0, 0.1) is 17.8 Å². The minimum absolute atomic E-state index is 0.0672. The lowest BCUT2D eigenvalue weighted by Crippen LogP contribution is -2.48. The van der Waals surface area contributed by atoms with Gasteiger partial charge in [0.05, 0.1) is 5.69 Å². The molecule has 10 heteroatoms. The monoisotopic (exact) mass is 437 g/mol. The second-order valence-corrected chi connectivity index (χ2v) is 8.75. The molecule has 0 bridgehead atoms. The van der Waals surface area contributed by atoms with Crippen molar-refractivity contribution < 1.29 is 9.59 Å². The number of piperazine rings is 1. The number of primary amides is 1. The zero-order valence-electron chi connectivity index (χ0n) is 17.7. The number of carbonyl (C=O) groups excluding carboxylic acids is 2. The average molecular weight is 438 g/mol. The van der Waals surface area contributed by atoms with Crippen molar-refractivity contribution in [3.8, 4) is 5.69 Å². The fraction of sp³-hybridized carbons (Fsp3) is 0.455. The number of nitrogens with zero attached hydrogens (tertiary/aromatic N) is 4. The van der Waals surface area contributed by atoms with E-state index in [9.17, 15) is 14.4 Å². The van der Waals surface area contributed by atoms with E-state index >= 15 is 0 Å². The molecule has 4 N–H and O–H groups in total. The zero-order valence-corrected chi connectivity index (χ0v) is 17.7. The average Bonchev–Trinajstić information content (AvgIpc) is 3.31. The molecule has 3 amide bonds. The quantitative estimate of drug-likeness (QED) is 0.597. The Morgan fingerprint density at radius 3 is 2.41 bits per heavy atom. The van der Waals surface area contributed by atoms with Crippen molar-refractivity contribution in [2.24, 2.45) is 23.5 Å². The molecular formula is C22H27N7O3. The third kappa shape index (κ3) is 4.11. The predicted molar refractivity (Wildman–Crippen MR) is 118 cm³/mol. The van der Waals surface area contributed by atoms with Crippen LogP contribution in [0.2, 0.25) is 0 Å². The number of hydrogen-bond acceptors (Lipinski definition) is 6. The van der Waals surface area contributed by atoms with E-state index in [-0.39, 0.29) is 23.7 Å². The standard InChI is InChI=1S/C22H27N7O3/c23-20(30)19-16-12-27(13-17(16)19)11-14-1-3-15(4-2-14)29-8-5-18(26-22(29)32)25-21(31)28-9-6-24-7-10-28/h1-5,8,16-17,19,24H,6-7,9-13H2,(H2,23,30)(H,25,26,31,32)/t16-,17+,19?. The molecule has 1 saturated carbocycles. The molecule has 1 aromatic heterocycles. The molecule has 10 nitrogen and oxygen atoms in total. The number of urea groups is 1. The molecule has 2 aliphatic heterocycles. The van der Waals surface area contributed by atoms with Crippen LogP contribution in [-0.4, -0.2) is 70.6 Å². The summed E-state index contributed by atoms with van der Waals surface area (Å²) in [4.78, 5) is 44.2. The lowest BCUT2D eigenvalue weighted by molar-refractivity contribution is -0.120. The van der Waals surface area contributed by atoms with Gasteiger partial charge in [-0.25, -0.2) is 9.59 Å². The Hall–Kier alpha value is -3.24. The molecule has 3 aliphatic rings. The summed E-state index contributed by atoms with van der Waals surface area (Å²) >= 11 is 0. The number of nitrogens with one attached hydrogen (secondary N) is 2. The first-order chi connectivity index (χ1) is 15.5. The second kappa shape index (κ2) is 8.36. The van der Waals surface area contributed by atoms with Gasteiger partial charge in [0, 0.05) is 57.9 Å². The Bertz CT molecular complexity index is 1070. The van der Waals surface area contributed by atoms with Gasteiger partial charge in [-0.15, -0.1) is 0 Å². The van der Waals surface area contributed by atoms with Crippen LogP contribution in [-0.2, 0) is 11.3 Å². The lowest BCUT2D eigenvalue weighted by atomic mass is 10.1. The van der Waals surface area contributed by atoms with Crippen molar-refractivity contribution in [3.05, 3.63) is 52.6 Å². The Kier molecular flexibility index (Phi) is 5.40. The molecule has 3 heterocycles. The fourth-order valence-electron chi connectivity index (χ4n) is 4.91. The fourth-order valence-corrected chi connectivity index (χ4v) is 4.91. The number of likely N-dealkylation sites (tertiary alicyclic amines) is 1. The maximum Gasteiger partial charge on any atom is 0.354 e. The van der Waals surface area contributed by atoms with E-state index in [1.165, 1.54) is 4.57 Å². The summed E-state index contributed by atoms with van der Waals surface area (Å²) in [6.07, 6.45) is 1.62. The van der Waals surface area contributed by atoms with Crippen LogP contribution in [0.25, 0.3) is 5.69 Å². The minimum atomic E-state index is -0.451.